The lowest BCUT2D eigenvalue weighted by Gasteiger charge is -2.25. The predicted octanol–water partition coefficient (Wildman–Crippen LogP) is 3.37. The fraction of sp³-hybridized carbons (Fsp3) is 0.500. The van der Waals surface area contributed by atoms with E-state index in [4.69, 9.17) is 9.47 Å². The van der Waals surface area contributed by atoms with Gasteiger partial charge in [-0.25, -0.2) is 0 Å². The molecular formula is C22H31N3O2. The van der Waals surface area contributed by atoms with Crippen molar-refractivity contribution < 1.29 is 9.47 Å². The second-order valence-electron chi connectivity index (χ2n) is 7.51. The first kappa shape index (κ1) is 19.6. The highest BCUT2D eigenvalue weighted by molar-refractivity contribution is 5.48. The summed E-state index contributed by atoms with van der Waals surface area (Å²) in [4.78, 5) is 8.92. The van der Waals surface area contributed by atoms with Gasteiger partial charge >= 0.3 is 0 Å². The van der Waals surface area contributed by atoms with Gasteiger partial charge in [0.25, 0.3) is 0 Å². The van der Waals surface area contributed by atoms with Gasteiger partial charge in [-0.15, -0.1) is 0 Å². The molecule has 5 nitrogen and oxygen atoms in total. The number of ether oxygens (including phenoxy) is 2. The summed E-state index contributed by atoms with van der Waals surface area (Å²) < 4.78 is 12.0. The van der Waals surface area contributed by atoms with Crippen molar-refractivity contribution in [2.24, 2.45) is 0 Å². The lowest BCUT2D eigenvalue weighted by Crippen LogP contribution is -2.31. The summed E-state index contributed by atoms with van der Waals surface area (Å²) in [6, 6.07) is 8.48. The van der Waals surface area contributed by atoms with Crippen molar-refractivity contribution >= 4 is 0 Å². The van der Waals surface area contributed by atoms with Crippen molar-refractivity contribution in [2.45, 2.75) is 39.5 Å². The van der Waals surface area contributed by atoms with Crippen LogP contribution < -0.4 is 9.47 Å². The maximum absolute atomic E-state index is 5.99. The first-order valence-corrected chi connectivity index (χ1v) is 9.76. The molecule has 0 aliphatic carbocycles. The van der Waals surface area contributed by atoms with Crippen LogP contribution in [0.2, 0.25) is 0 Å². The summed E-state index contributed by atoms with van der Waals surface area (Å²) in [6.45, 7) is 8.49. The van der Waals surface area contributed by atoms with Crippen LogP contribution in [-0.4, -0.2) is 54.7 Å². The molecule has 5 heteroatoms. The van der Waals surface area contributed by atoms with Gasteiger partial charge in [-0.3, -0.25) is 9.88 Å². The van der Waals surface area contributed by atoms with Crippen LogP contribution in [0.4, 0.5) is 0 Å². The molecule has 0 saturated carbocycles. The zero-order valence-electron chi connectivity index (χ0n) is 16.9. The van der Waals surface area contributed by atoms with E-state index in [9.17, 15) is 0 Å². The molecule has 0 radical (unpaired) electrons. The highest BCUT2D eigenvalue weighted by Gasteiger charge is 2.22. The Balaban J connectivity index is 1.82. The Morgan fingerprint density at radius 2 is 2.07 bits per heavy atom. The fourth-order valence-electron chi connectivity index (χ4n) is 3.44. The molecule has 1 aliphatic rings. The largest absolute Gasteiger partial charge is 0.494 e. The maximum atomic E-state index is 5.99. The van der Waals surface area contributed by atoms with Gasteiger partial charge in [0, 0.05) is 56.1 Å². The Morgan fingerprint density at radius 3 is 2.78 bits per heavy atom. The van der Waals surface area contributed by atoms with Gasteiger partial charge in [-0.05, 0) is 51.7 Å². The third-order valence-electron chi connectivity index (χ3n) is 4.77. The average Bonchev–Trinajstić information content (AvgIpc) is 3.00. The van der Waals surface area contributed by atoms with E-state index >= 15 is 0 Å². The predicted molar refractivity (Wildman–Crippen MR) is 108 cm³/mol. The standard InChI is InChI=1S/C22H31N3O2/c1-5-26-21-12-19-11-17(2)27-22(19)13-20(21)16-25(10-9-24(3)4)15-18-7-6-8-23-14-18/h6-8,12-14,17H,5,9-11,15-16H2,1-4H3/t17-/m0/s1. The first-order chi connectivity index (χ1) is 13.0. The van der Waals surface area contributed by atoms with Crippen LogP contribution in [0, 0.1) is 0 Å². The lowest BCUT2D eigenvalue weighted by atomic mass is 10.1. The van der Waals surface area contributed by atoms with Crippen molar-refractivity contribution in [3.8, 4) is 11.5 Å². The topological polar surface area (TPSA) is 37.8 Å². The summed E-state index contributed by atoms with van der Waals surface area (Å²) in [5.74, 6) is 1.99. The normalized spacial score (nSPS) is 15.9. The molecule has 0 amide bonds. The minimum absolute atomic E-state index is 0.241. The quantitative estimate of drug-likeness (QED) is 0.678. The van der Waals surface area contributed by atoms with Crippen molar-refractivity contribution in [1.29, 1.82) is 0 Å². The Bertz CT molecular complexity index is 734. The number of hydrogen-bond acceptors (Lipinski definition) is 5. The molecule has 0 N–H and O–H groups in total. The molecule has 1 aliphatic heterocycles. The molecule has 1 atom stereocenters. The second-order valence-corrected chi connectivity index (χ2v) is 7.51. The van der Waals surface area contributed by atoms with Gasteiger partial charge in [0.05, 0.1) is 6.61 Å². The van der Waals surface area contributed by atoms with Gasteiger partial charge in [0.15, 0.2) is 0 Å². The average molecular weight is 370 g/mol. The number of pyridine rings is 1. The molecule has 0 bridgehead atoms. The summed E-state index contributed by atoms with van der Waals surface area (Å²) >= 11 is 0. The maximum Gasteiger partial charge on any atom is 0.124 e. The Morgan fingerprint density at radius 1 is 1.22 bits per heavy atom. The SMILES string of the molecule is CCOc1cc2c(cc1CN(CCN(C)C)Cc1cccnc1)O[C@@H](C)C2. The van der Waals surface area contributed by atoms with Crippen LogP contribution in [0.15, 0.2) is 36.7 Å². The molecular weight excluding hydrogens is 338 g/mol. The molecule has 2 heterocycles. The minimum Gasteiger partial charge on any atom is -0.494 e. The van der Waals surface area contributed by atoms with Crippen LogP contribution in [0.3, 0.4) is 0 Å². The summed E-state index contributed by atoms with van der Waals surface area (Å²) in [5, 5.41) is 0. The van der Waals surface area contributed by atoms with Crippen LogP contribution in [-0.2, 0) is 19.5 Å². The fourth-order valence-corrected chi connectivity index (χ4v) is 3.44. The van der Waals surface area contributed by atoms with Crippen LogP contribution >= 0.6 is 0 Å². The van der Waals surface area contributed by atoms with Gasteiger partial charge in [0.1, 0.15) is 17.6 Å². The zero-order chi connectivity index (χ0) is 19.2. The van der Waals surface area contributed by atoms with E-state index < -0.39 is 0 Å². The molecule has 0 unspecified atom stereocenters. The number of aromatic nitrogens is 1. The first-order valence-electron chi connectivity index (χ1n) is 9.76. The summed E-state index contributed by atoms with van der Waals surface area (Å²) in [6.07, 6.45) is 4.96. The highest BCUT2D eigenvalue weighted by Crippen LogP contribution is 2.35. The van der Waals surface area contributed by atoms with Gasteiger partial charge in [-0.1, -0.05) is 6.07 Å². The third kappa shape index (κ3) is 5.44. The molecule has 146 valence electrons. The molecule has 0 fully saturated rings. The molecule has 3 rings (SSSR count). The molecule has 0 saturated heterocycles. The van der Waals surface area contributed by atoms with Crippen molar-refractivity contribution in [3.05, 3.63) is 53.3 Å². The molecule has 2 aromatic rings. The second kappa shape index (κ2) is 9.20. The van der Waals surface area contributed by atoms with E-state index in [0.717, 1.165) is 44.1 Å². The molecule has 27 heavy (non-hydrogen) atoms. The number of fused-ring (bicyclic) bond motifs is 1. The Kier molecular flexibility index (Phi) is 6.69. The van der Waals surface area contributed by atoms with Crippen molar-refractivity contribution in [2.75, 3.05) is 33.8 Å². The van der Waals surface area contributed by atoms with Crippen LogP contribution in [0.1, 0.15) is 30.5 Å². The van der Waals surface area contributed by atoms with Gasteiger partial charge in [0.2, 0.25) is 0 Å². The van der Waals surface area contributed by atoms with E-state index in [1.54, 1.807) is 0 Å². The summed E-state index contributed by atoms with van der Waals surface area (Å²) in [5.41, 5.74) is 3.66. The minimum atomic E-state index is 0.241. The van der Waals surface area contributed by atoms with E-state index in [0.29, 0.717) is 6.61 Å². The van der Waals surface area contributed by atoms with E-state index in [-0.39, 0.29) is 6.10 Å². The van der Waals surface area contributed by atoms with Crippen molar-refractivity contribution in [1.82, 2.24) is 14.8 Å². The van der Waals surface area contributed by atoms with Gasteiger partial charge in [-0.2, -0.15) is 0 Å². The van der Waals surface area contributed by atoms with E-state index in [2.05, 4.69) is 54.0 Å². The number of rotatable bonds is 9. The number of likely N-dealkylation sites (N-methyl/N-ethyl adjacent to an activating group) is 1. The number of benzene rings is 1. The van der Waals surface area contributed by atoms with Gasteiger partial charge < -0.3 is 14.4 Å². The molecule has 0 spiro atoms. The molecule has 1 aromatic carbocycles. The Hall–Kier alpha value is -2.11. The number of nitrogens with zero attached hydrogens (tertiary/aromatic N) is 3. The molecule has 1 aromatic heterocycles. The van der Waals surface area contributed by atoms with Crippen molar-refractivity contribution in [3.63, 3.8) is 0 Å². The van der Waals surface area contributed by atoms with Crippen LogP contribution in [0.25, 0.3) is 0 Å². The van der Waals surface area contributed by atoms with E-state index in [1.165, 1.54) is 16.7 Å². The smallest absolute Gasteiger partial charge is 0.124 e. The lowest BCUT2D eigenvalue weighted by molar-refractivity contribution is 0.220. The Labute approximate surface area is 162 Å². The third-order valence-corrected chi connectivity index (χ3v) is 4.77. The summed E-state index contributed by atoms with van der Waals surface area (Å²) in [7, 11) is 4.22. The zero-order valence-corrected chi connectivity index (χ0v) is 16.9. The van der Waals surface area contributed by atoms with E-state index in [1.807, 2.05) is 25.4 Å². The number of hydrogen-bond donors (Lipinski definition) is 0. The highest BCUT2D eigenvalue weighted by atomic mass is 16.5. The van der Waals surface area contributed by atoms with Crippen LogP contribution in [0.5, 0.6) is 11.5 Å². The monoisotopic (exact) mass is 369 g/mol.